The van der Waals surface area contributed by atoms with Gasteiger partial charge in [-0.1, -0.05) is 13.3 Å². The number of rotatable bonds is 5. The predicted molar refractivity (Wildman–Crippen MR) is 69.8 cm³/mol. The molecule has 2 unspecified atom stereocenters. The van der Waals surface area contributed by atoms with Gasteiger partial charge in [0.2, 0.25) is 0 Å². The summed E-state index contributed by atoms with van der Waals surface area (Å²) < 4.78 is 0. The Balaban J connectivity index is 1.59. The zero-order valence-corrected chi connectivity index (χ0v) is 10.9. The van der Waals surface area contributed by atoms with Crippen LogP contribution in [0.25, 0.3) is 0 Å². The van der Waals surface area contributed by atoms with Crippen molar-refractivity contribution < 1.29 is 0 Å². The first-order chi connectivity index (χ1) is 7.90. The molecule has 0 aromatic heterocycles. The van der Waals surface area contributed by atoms with Crippen LogP contribution in [-0.4, -0.2) is 36.6 Å². The molecule has 2 nitrogen and oxygen atoms in total. The molecule has 2 aliphatic heterocycles. The molecule has 0 bridgehead atoms. The van der Waals surface area contributed by atoms with E-state index in [1.165, 1.54) is 71.0 Å². The van der Waals surface area contributed by atoms with E-state index in [-0.39, 0.29) is 0 Å². The van der Waals surface area contributed by atoms with Crippen molar-refractivity contribution in [2.24, 2.45) is 0 Å². The first kappa shape index (κ1) is 12.4. The summed E-state index contributed by atoms with van der Waals surface area (Å²) in [6.45, 7) is 6.30. The van der Waals surface area contributed by atoms with Crippen molar-refractivity contribution in [3.63, 3.8) is 0 Å². The summed E-state index contributed by atoms with van der Waals surface area (Å²) in [6, 6.07) is 1.73. The largest absolute Gasteiger partial charge is 0.314 e. The predicted octanol–water partition coefficient (Wildman–Crippen LogP) is 2.78. The Morgan fingerprint density at radius 1 is 1.19 bits per heavy atom. The Kier molecular flexibility index (Phi) is 5.11. The zero-order chi connectivity index (χ0) is 11.2. The summed E-state index contributed by atoms with van der Waals surface area (Å²) in [6.07, 6.45) is 11.3. The van der Waals surface area contributed by atoms with E-state index in [0.717, 1.165) is 12.1 Å². The van der Waals surface area contributed by atoms with Crippen LogP contribution in [0.2, 0.25) is 0 Å². The van der Waals surface area contributed by atoms with Gasteiger partial charge in [0.15, 0.2) is 0 Å². The van der Waals surface area contributed by atoms with E-state index < -0.39 is 0 Å². The van der Waals surface area contributed by atoms with Crippen molar-refractivity contribution in [2.75, 3.05) is 19.6 Å². The van der Waals surface area contributed by atoms with Gasteiger partial charge in [-0.15, -0.1) is 0 Å². The Bertz CT molecular complexity index is 187. The van der Waals surface area contributed by atoms with Crippen LogP contribution in [0.3, 0.4) is 0 Å². The fraction of sp³-hybridized carbons (Fsp3) is 1.00. The van der Waals surface area contributed by atoms with E-state index in [9.17, 15) is 0 Å². The normalized spacial score (nSPS) is 32.1. The maximum atomic E-state index is 3.65. The smallest absolute Gasteiger partial charge is 0.00931 e. The molecule has 2 fully saturated rings. The van der Waals surface area contributed by atoms with Gasteiger partial charge in [-0.25, -0.2) is 0 Å². The Hall–Kier alpha value is -0.0800. The second-order valence-corrected chi connectivity index (χ2v) is 5.53. The molecular weight excluding hydrogens is 196 g/mol. The molecule has 2 atom stereocenters. The molecule has 2 saturated heterocycles. The number of nitrogens with one attached hydrogen (secondary N) is 1. The highest BCUT2D eigenvalue weighted by Crippen LogP contribution is 2.20. The van der Waals surface area contributed by atoms with Gasteiger partial charge in [-0.2, -0.15) is 0 Å². The van der Waals surface area contributed by atoms with Gasteiger partial charge in [0, 0.05) is 12.1 Å². The third-order valence-electron chi connectivity index (χ3n) is 4.38. The lowest BCUT2D eigenvalue weighted by Crippen LogP contribution is -2.35. The summed E-state index contributed by atoms with van der Waals surface area (Å²) in [5.41, 5.74) is 0. The van der Waals surface area contributed by atoms with E-state index in [0.29, 0.717) is 0 Å². The highest BCUT2D eigenvalue weighted by atomic mass is 15.2. The minimum absolute atomic E-state index is 0.830. The number of hydrogen-bond acceptors (Lipinski definition) is 2. The molecule has 0 saturated carbocycles. The van der Waals surface area contributed by atoms with Gasteiger partial charge in [0.05, 0.1) is 0 Å². The number of nitrogens with zero attached hydrogens (tertiary/aromatic N) is 1. The van der Waals surface area contributed by atoms with E-state index in [1.807, 2.05) is 0 Å². The lowest BCUT2D eigenvalue weighted by Gasteiger charge is -2.26. The molecule has 16 heavy (non-hydrogen) atoms. The van der Waals surface area contributed by atoms with Crippen molar-refractivity contribution >= 4 is 0 Å². The van der Waals surface area contributed by atoms with E-state index in [1.54, 1.807) is 0 Å². The van der Waals surface area contributed by atoms with Crippen LogP contribution in [0.1, 0.15) is 58.3 Å². The molecular formula is C14H28N2. The SMILES string of the molecule is CCC1CCCN1CCCC1CCCCN1. The van der Waals surface area contributed by atoms with E-state index in [2.05, 4.69) is 17.1 Å². The number of likely N-dealkylation sites (tertiary alicyclic amines) is 1. The van der Waals surface area contributed by atoms with Gasteiger partial charge in [0.25, 0.3) is 0 Å². The van der Waals surface area contributed by atoms with Gasteiger partial charge in [-0.3, -0.25) is 0 Å². The van der Waals surface area contributed by atoms with E-state index >= 15 is 0 Å². The fourth-order valence-electron chi connectivity index (χ4n) is 3.36. The maximum Gasteiger partial charge on any atom is 0.00931 e. The summed E-state index contributed by atoms with van der Waals surface area (Å²) in [4.78, 5) is 2.73. The van der Waals surface area contributed by atoms with Crippen LogP contribution in [0.15, 0.2) is 0 Å². The summed E-state index contributed by atoms with van der Waals surface area (Å²) in [5, 5.41) is 3.65. The molecule has 2 heteroatoms. The van der Waals surface area contributed by atoms with Crippen molar-refractivity contribution in [3.05, 3.63) is 0 Å². The van der Waals surface area contributed by atoms with Crippen molar-refractivity contribution in [3.8, 4) is 0 Å². The van der Waals surface area contributed by atoms with Crippen LogP contribution in [-0.2, 0) is 0 Å². The Morgan fingerprint density at radius 2 is 2.12 bits per heavy atom. The first-order valence-corrected chi connectivity index (χ1v) is 7.37. The van der Waals surface area contributed by atoms with Crippen LogP contribution in [0.4, 0.5) is 0 Å². The Morgan fingerprint density at radius 3 is 2.88 bits per heavy atom. The maximum absolute atomic E-state index is 3.65. The van der Waals surface area contributed by atoms with Gasteiger partial charge in [-0.05, 0) is 64.6 Å². The second-order valence-electron chi connectivity index (χ2n) is 5.53. The van der Waals surface area contributed by atoms with Crippen molar-refractivity contribution in [2.45, 2.75) is 70.4 Å². The Labute approximate surface area is 101 Å². The molecule has 0 amide bonds. The molecule has 2 rings (SSSR count). The average molecular weight is 224 g/mol. The van der Waals surface area contributed by atoms with Crippen LogP contribution in [0, 0.1) is 0 Å². The average Bonchev–Trinajstić information content (AvgIpc) is 2.78. The summed E-state index contributed by atoms with van der Waals surface area (Å²) in [7, 11) is 0. The fourth-order valence-corrected chi connectivity index (χ4v) is 3.36. The monoisotopic (exact) mass is 224 g/mol. The van der Waals surface area contributed by atoms with Gasteiger partial charge < -0.3 is 10.2 Å². The second kappa shape index (κ2) is 6.61. The number of hydrogen-bond donors (Lipinski definition) is 1. The highest BCUT2D eigenvalue weighted by Gasteiger charge is 2.22. The lowest BCUT2D eigenvalue weighted by atomic mass is 10.0. The topological polar surface area (TPSA) is 15.3 Å². The van der Waals surface area contributed by atoms with Crippen LogP contribution < -0.4 is 5.32 Å². The molecule has 0 aromatic rings. The summed E-state index contributed by atoms with van der Waals surface area (Å²) >= 11 is 0. The van der Waals surface area contributed by atoms with Crippen LogP contribution >= 0.6 is 0 Å². The van der Waals surface area contributed by atoms with Crippen molar-refractivity contribution in [1.29, 1.82) is 0 Å². The third kappa shape index (κ3) is 3.46. The molecule has 0 radical (unpaired) electrons. The molecule has 2 aliphatic rings. The molecule has 1 N–H and O–H groups in total. The minimum atomic E-state index is 0.830. The lowest BCUT2D eigenvalue weighted by molar-refractivity contribution is 0.236. The molecule has 94 valence electrons. The van der Waals surface area contributed by atoms with Gasteiger partial charge >= 0.3 is 0 Å². The summed E-state index contributed by atoms with van der Waals surface area (Å²) in [5.74, 6) is 0. The zero-order valence-electron chi connectivity index (χ0n) is 10.9. The van der Waals surface area contributed by atoms with E-state index in [4.69, 9.17) is 0 Å². The van der Waals surface area contributed by atoms with Crippen molar-refractivity contribution in [1.82, 2.24) is 10.2 Å². The number of piperidine rings is 1. The third-order valence-corrected chi connectivity index (χ3v) is 4.38. The van der Waals surface area contributed by atoms with Crippen LogP contribution in [0.5, 0.6) is 0 Å². The molecule has 2 heterocycles. The first-order valence-electron chi connectivity index (χ1n) is 7.37. The van der Waals surface area contributed by atoms with Gasteiger partial charge in [0.1, 0.15) is 0 Å². The molecule has 0 aliphatic carbocycles. The quantitative estimate of drug-likeness (QED) is 0.772. The standard InChI is InChI=1S/C14H28N2/c1-2-14-9-6-12-16(14)11-5-8-13-7-3-4-10-15-13/h13-15H,2-12H2,1H3. The molecule has 0 spiro atoms. The molecule has 0 aromatic carbocycles. The minimum Gasteiger partial charge on any atom is -0.314 e. The highest BCUT2D eigenvalue weighted by molar-refractivity contribution is 4.79.